The lowest BCUT2D eigenvalue weighted by atomic mass is 9.88. The van der Waals surface area contributed by atoms with E-state index < -0.39 is 29.9 Å². The Morgan fingerprint density at radius 1 is 1.14 bits per heavy atom. The number of halogens is 3. The van der Waals surface area contributed by atoms with E-state index in [9.17, 15) is 23.1 Å². The van der Waals surface area contributed by atoms with Gasteiger partial charge in [-0.05, 0) is 43.4 Å². The van der Waals surface area contributed by atoms with E-state index in [-0.39, 0.29) is 38.0 Å². The number of carbonyl (C=O) groups is 1. The number of carboxylic acid groups (broad SMARTS) is 1. The first-order valence-electron chi connectivity index (χ1n) is 10.1. The molecule has 0 aliphatic rings. The lowest BCUT2D eigenvalue weighted by molar-refractivity contribution is -0.139. The van der Waals surface area contributed by atoms with Crippen molar-refractivity contribution in [2.75, 3.05) is 13.2 Å². The number of carboxylic acids is 1. The highest BCUT2D eigenvalue weighted by atomic mass is 19.4. The Hall–Kier alpha value is -1.80. The molecule has 0 saturated carbocycles. The maximum Gasteiger partial charge on any atom is 0.419 e. The highest BCUT2D eigenvalue weighted by molar-refractivity contribution is 5.66. The highest BCUT2D eigenvalue weighted by Crippen LogP contribution is 2.37. The summed E-state index contributed by atoms with van der Waals surface area (Å²) >= 11 is 0. The molecule has 4 N–H and O–H groups in total. The number of ether oxygens (including phenoxy) is 1. The molecular weight excluding hydrogens is 387 g/mol. The third kappa shape index (κ3) is 9.49. The van der Waals surface area contributed by atoms with Crippen LogP contribution in [0.4, 0.5) is 13.2 Å². The van der Waals surface area contributed by atoms with Gasteiger partial charge in [0.15, 0.2) is 0 Å². The van der Waals surface area contributed by atoms with Crippen molar-refractivity contribution in [1.82, 2.24) is 0 Å². The minimum atomic E-state index is -4.55. The standard InChI is InChI=1S/C21H32F3NO4/c1-2-3-4-5-6-13-29-18-8-7-16(14-17(18)21(22,23)24)9-11-20(25,15-26)12-10-19(27)28/h7-8,14,26H,2-6,9-13,15,25H2,1H3,(H,27,28). The van der Waals surface area contributed by atoms with E-state index in [4.69, 9.17) is 15.6 Å². The van der Waals surface area contributed by atoms with Crippen molar-refractivity contribution in [3.63, 3.8) is 0 Å². The number of aryl methyl sites for hydroxylation is 1. The second-order valence-corrected chi connectivity index (χ2v) is 7.51. The maximum atomic E-state index is 13.4. The molecule has 0 fully saturated rings. The van der Waals surface area contributed by atoms with Crippen molar-refractivity contribution in [3.8, 4) is 5.75 Å². The zero-order valence-electron chi connectivity index (χ0n) is 16.9. The lowest BCUT2D eigenvalue weighted by Gasteiger charge is -2.27. The summed E-state index contributed by atoms with van der Waals surface area (Å²) < 4.78 is 45.7. The zero-order chi connectivity index (χ0) is 21.9. The van der Waals surface area contributed by atoms with Gasteiger partial charge < -0.3 is 20.7 Å². The molecule has 0 aromatic heterocycles. The molecule has 5 nitrogen and oxygen atoms in total. The summed E-state index contributed by atoms with van der Waals surface area (Å²) in [6.45, 7) is 1.89. The molecular formula is C21H32F3NO4. The van der Waals surface area contributed by atoms with Crippen LogP contribution in [0.1, 0.15) is 69.4 Å². The molecule has 0 amide bonds. The van der Waals surface area contributed by atoms with Crippen LogP contribution in [0.5, 0.6) is 5.75 Å². The van der Waals surface area contributed by atoms with Crippen molar-refractivity contribution in [2.45, 2.75) is 76.4 Å². The zero-order valence-corrected chi connectivity index (χ0v) is 16.9. The lowest BCUT2D eigenvalue weighted by Crippen LogP contribution is -2.44. The molecule has 0 heterocycles. The summed E-state index contributed by atoms with van der Waals surface area (Å²) in [5, 5.41) is 18.2. The van der Waals surface area contributed by atoms with E-state index in [1.54, 1.807) is 6.07 Å². The van der Waals surface area contributed by atoms with Crippen LogP contribution in [-0.4, -0.2) is 34.9 Å². The molecule has 0 spiro atoms. The number of aliphatic carboxylic acids is 1. The van der Waals surface area contributed by atoms with Gasteiger partial charge in [-0.15, -0.1) is 0 Å². The molecule has 0 bridgehead atoms. The van der Waals surface area contributed by atoms with Gasteiger partial charge in [0.05, 0.1) is 18.8 Å². The van der Waals surface area contributed by atoms with Gasteiger partial charge in [-0.3, -0.25) is 4.79 Å². The molecule has 0 radical (unpaired) electrons. The first-order chi connectivity index (χ1) is 13.6. The first kappa shape index (κ1) is 25.2. The number of rotatable bonds is 14. The minimum Gasteiger partial charge on any atom is -0.493 e. The van der Waals surface area contributed by atoms with Crippen LogP contribution in [0, 0.1) is 0 Å². The molecule has 0 saturated heterocycles. The molecule has 0 aliphatic carbocycles. The minimum absolute atomic E-state index is 0.0458. The van der Waals surface area contributed by atoms with E-state index in [2.05, 4.69) is 6.92 Å². The van der Waals surface area contributed by atoms with Gasteiger partial charge in [0, 0.05) is 12.0 Å². The number of alkyl halides is 3. The van der Waals surface area contributed by atoms with E-state index in [0.717, 1.165) is 31.7 Å². The first-order valence-corrected chi connectivity index (χ1v) is 10.1. The molecule has 1 unspecified atom stereocenters. The third-order valence-electron chi connectivity index (χ3n) is 4.92. The maximum absolute atomic E-state index is 13.4. The third-order valence-corrected chi connectivity index (χ3v) is 4.92. The summed E-state index contributed by atoms with van der Waals surface area (Å²) in [7, 11) is 0. The van der Waals surface area contributed by atoms with Crippen LogP contribution in [-0.2, 0) is 17.4 Å². The van der Waals surface area contributed by atoms with Gasteiger partial charge >= 0.3 is 12.1 Å². The van der Waals surface area contributed by atoms with Crippen LogP contribution in [0.15, 0.2) is 18.2 Å². The molecule has 0 aliphatic heterocycles. The Labute approximate surface area is 170 Å². The van der Waals surface area contributed by atoms with Crippen LogP contribution < -0.4 is 10.5 Å². The Kier molecular flexibility index (Phi) is 10.5. The predicted molar refractivity (Wildman–Crippen MR) is 105 cm³/mol. The molecule has 1 aromatic rings. The number of benzene rings is 1. The van der Waals surface area contributed by atoms with Crippen LogP contribution in [0.25, 0.3) is 0 Å². The normalized spacial score (nSPS) is 13.9. The van der Waals surface area contributed by atoms with Crippen molar-refractivity contribution >= 4 is 5.97 Å². The monoisotopic (exact) mass is 419 g/mol. The number of nitrogens with two attached hydrogens (primary N) is 1. The van der Waals surface area contributed by atoms with Gasteiger partial charge in [-0.25, -0.2) is 0 Å². The fourth-order valence-electron chi connectivity index (χ4n) is 3.00. The average Bonchev–Trinajstić information content (AvgIpc) is 2.67. The van der Waals surface area contributed by atoms with Crippen LogP contribution >= 0.6 is 0 Å². The van der Waals surface area contributed by atoms with E-state index >= 15 is 0 Å². The van der Waals surface area contributed by atoms with Crippen molar-refractivity contribution < 1.29 is 32.9 Å². The topological polar surface area (TPSA) is 92.8 Å². The van der Waals surface area contributed by atoms with Gasteiger partial charge in [0.2, 0.25) is 0 Å². The van der Waals surface area contributed by atoms with E-state index in [1.807, 2.05) is 0 Å². The van der Waals surface area contributed by atoms with Gasteiger partial charge in [-0.2, -0.15) is 13.2 Å². The fraction of sp³-hybridized carbons (Fsp3) is 0.667. The quantitative estimate of drug-likeness (QED) is 0.385. The van der Waals surface area contributed by atoms with Crippen LogP contribution in [0.2, 0.25) is 0 Å². The fourth-order valence-corrected chi connectivity index (χ4v) is 3.00. The summed E-state index contributed by atoms with van der Waals surface area (Å²) in [6.07, 6.45) is 0.510. The summed E-state index contributed by atoms with van der Waals surface area (Å²) in [5.74, 6) is -1.23. The average molecular weight is 419 g/mol. The number of hydrogen-bond donors (Lipinski definition) is 3. The summed E-state index contributed by atoms with van der Waals surface area (Å²) in [4.78, 5) is 10.7. The summed E-state index contributed by atoms with van der Waals surface area (Å²) in [5.41, 5.74) is 4.43. The Balaban J connectivity index is 2.76. The van der Waals surface area contributed by atoms with Gasteiger partial charge in [0.25, 0.3) is 0 Å². The Bertz CT molecular complexity index is 637. The predicted octanol–water partition coefficient (Wildman–Crippen LogP) is 4.54. The molecule has 1 aromatic carbocycles. The Morgan fingerprint density at radius 2 is 1.83 bits per heavy atom. The highest BCUT2D eigenvalue weighted by Gasteiger charge is 2.35. The molecule has 1 atom stereocenters. The van der Waals surface area contributed by atoms with E-state index in [0.29, 0.717) is 12.0 Å². The number of hydrogen-bond acceptors (Lipinski definition) is 4. The van der Waals surface area contributed by atoms with Crippen molar-refractivity contribution in [2.24, 2.45) is 5.73 Å². The Morgan fingerprint density at radius 3 is 2.41 bits per heavy atom. The SMILES string of the molecule is CCCCCCCOc1ccc(CCC(N)(CO)CCC(=O)O)cc1C(F)(F)F. The van der Waals surface area contributed by atoms with Crippen molar-refractivity contribution in [3.05, 3.63) is 29.3 Å². The number of unbranched alkanes of at least 4 members (excludes halogenated alkanes) is 4. The molecule has 1 rings (SSSR count). The second kappa shape index (κ2) is 12.0. The number of aliphatic hydroxyl groups is 1. The number of aliphatic hydroxyl groups excluding tert-OH is 1. The van der Waals surface area contributed by atoms with E-state index in [1.165, 1.54) is 6.07 Å². The van der Waals surface area contributed by atoms with Gasteiger partial charge in [-0.1, -0.05) is 38.7 Å². The van der Waals surface area contributed by atoms with Gasteiger partial charge in [0.1, 0.15) is 5.75 Å². The largest absolute Gasteiger partial charge is 0.493 e. The second-order valence-electron chi connectivity index (χ2n) is 7.51. The molecule has 8 heteroatoms. The van der Waals surface area contributed by atoms with Crippen LogP contribution in [0.3, 0.4) is 0 Å². The summed E-state index contributed by atoms with van der Waals surface area (Å²) in [6, 6.07) is 3.91. The molecule has 166 valence electrons. The molecule has 29 heavy (non-hydrogen) atoms. The van der Waals surface area contributed by atoms with Crippen molar-refractivity contribution in [1.29, 1.82) is 0 Å². The smallest absolute Gasteiger partial charge is 0.419 e.